The molecule has 1 aliphatic rings. The average Bonchev–Trinajstić information content (AvgIpc) is 2.51. The van der Waals surface area contributed by atoms with Crippen molar-refractivity contribution < 1.29 is 9.53 Å². The molecule has 70 valence electrons. The van der Waals surface area contributed by atoms with E-state index in [9.17, 15) is 4.79 Å². The lowest BCUT2D eigenvalue weighted by Gasteiger charge is -2.12. The maximum atomic E-state index is 10.6. The molecule has 1 fully saturated rings. The van der Waals surface area contributed by atoms with Gasteiger partial charge in [-0.2, -0.15) is 0 Å². The summed E-state index contributed by atoms with van der Waals surface area (Å²) >= 11 is 0. The molecule has 1 amide bonds. The van der Waals surface area contributed by atoms with Gasteiger partial charge in [-0.05, 0) is 19.3 Å². The lowest BCUT2D eigenvalue weighted by molar-refractivity contribution is -0.119. The highest BCUT2D eigenvalue weighted by molar-refractivity contribution is 5.79. The van der Waals surface area contributed by atoms with Crippen molar-refractivity contribution in [1.82, 2.24) is 5.32 Å². The van der Waals surface area contributed by atoms with Crippen LogP contribution in [0.3, 0.4) is 0 Å². The van der Waals surface area contributed by atoms with Gasteiger partial charge in [-0.25, -0.2) is 0 Å². The summed E-state index contributed by atoms with van der Waals surface area (Å²) in [6.07, 6.45) is 1.08. The first kappa shape index (κ1) is 9.48. The van der Waals surface area contributed by atoms with E-state index in [4.69, 9.17) is 10.5 Å². The summed E-state index contributed by atoms with van der Waals surface area (Å²) in [5, 5.41) is 3.07. The summed E-state index contributed by atoms with van der Waals surface area (Å²) in [7, 11) is 0. The predicted molar refractivity (Wildman–Crippen MR) is 45.6 cm³/mol. The van der Waals surface area contributed by atoms with Gasteiger partial charge < -0.3 is 15.8 Å². The van der Waals surface area contributed by atoms with Crippen LogP contribution in [0.25, 0.3) is 0 Å². The fourth-order valence-corrected chi connectivity index (χ4v) is 1.19. The Balaban J connectivity index is 2.11. The Morgan fingerprint density at radius 2 is 2.58 bits per heavy atom. The largest absolute Gasteiger partial charge is 0.381 e. The quantitative estimate of drug-likeness (QED) is 0.600. The number of carbonyl (C=O) groups excluding carboxylic acids is 1. The fourth-order valence-electron chi connectivity index (χ4n) is 1.19. The van der Waals surface area contributed by atoms with Crippen molar-refractivity contribution in [2.45, 2.75) is 19.4 Å². The second-order valence-electron chi connectivity index (χ2n) is 3.26. The second kappa shape index (κ2) is 4.42. The van der Waals surface area contributed by atoms with Crippen molar-refractivity contribution >= 4 is 5.91 Å². The molecule has 0 saturated carbocycles. The van der Waals surface area contributed by atoms with Crippen molar-refractivity contribution in [3.05, 3.63) is 0 Å². The van der Waals surface area contributed by atoms with Gasteiger partial charge in [0.1, 0.15) is 0 Å². The molecule has 4 nitrogen and oxygen atoms in total. The van der Waals surface area contributed by atoms with Crippen LogP contribution in [-0.4, -0.2) is 31.7 Å². The maximum absolute atomic E-state index is 10.6. The van der Waals surface area contributed by atoms with Crippen LogP contribution in [0.4, 0.5) is 0 Å². The first-order valence-corrected chi connectivity index (χ1v) is 4.30. The van der Waals surface area contributed by atoms with Gasteiger partial charge in [-0.15, -0.1) is 0 Å². The molecule has 1 saturated heterocycles. The molecule has 0 bridgehead atoms. The molecular weight excluding hydrogens is 156 g/mol. The van der Waals surface area contributed by atoms with Gasteiger partial charge in [0.25, 0.3) is 0 Å². The second-order valence-corrected chi connectivity index (χ2v) is 3.26. The molecule has 2 unspecified atom stereocenters. The molecule has 3 N–H and O–H groups in total. The molecule has 12 heavy (non-hydrogen) atoms. The number of carbonyl (C=O) groups is 1. The minimum Gasteiger partial charge on any atom is -0.381 e. The Kier molecular flexibility index (Phi) is 3.49. The third-order valence-corrected chi connectivity index (χ3v) is 2.16. The Hall–Kier alpha value is -0.610. The van der Waals surface area contributed by atoms with E-state index >= 15 is 0 Å². The van der Waals surface area contributed by atoms with Gasteiger partial charge in [0.2, 0.25) is 5.91 Å². The number of primary amides is 1. The zero-order chi connectivity index (χ0) is 8.97. The Morgan fingerprint density at radius 3 is 3.08 bits per heavy atom. The Morgan fingerprint density at radius 1 is 1.83 bits per heavy atom. The fraction of sp³-hybridized carbons (Fsp3) is 0.875. The minimum atomic E-state index is -0.297. The third-order valence-electron chi connectivity index (χ3n) is 2.16. The summed E-state index contributed by atoms with van der Waals surface area (Å²) in [5.74, 6) is 0.251. The van der Waals surface area contributed by atoms with Crippen LogP contribution < -0.4 is 11.1 Å². The molecule has 0 radical (unpaired) electrons. The lowest BCUT2D eigenvalue weighted by atomic mass is 10.1. The van der Waals surface area contributed by atoms with Gasteiger partial charge in [-0.1, -0.05) is 0 Å². The van der Waals surface area contributed by atoms with Crippen LogP contribution in [0.15, 0.2) is 0 Å². The number of hydrogen-bond donors (Lipinski definition) is 2. The number of hydrogen-bond acceptors (Lipinski definition) is 3. The maximum Gasteiger partial charge on any atom is 0.234 e. The van der Waals surface area contributed by atoms with Gasteiger partial charge in [0.05, 0.1) is 12.6 Å². The van der Waals surface area contributed by atoms with E-state index in [1.807, 2.05) is 0 Å². The molecule has 1 rings (SSSR count). The molecule has 4 heteroatoms. The number of nitrogens with two attached hydrogens (primary N) is 1. The first-order valence-electron chi connectivity index (χ1n) is 4.30. The van der Waals surface area contributed by atoms with Crippen molar-refractivity contribution in [2.24, 2.45) is 11.7 Å². The SMILES string of the molecule is CC(NCC1CCOC1)C(N)=O. The molecule has 1 heterocycles. The van der Waals surface area contributed by atoms with E-state index in [-0.39, 0.29) is 11.9 Å². The van der Waals surface area contributed by atoms with Crippen molar-refractivity contribution in [2.75, 3.05) is 19.8 Å². The molecular formula is C8H16N2O2. The van der Waals surface area contributed by atoms with Gasteiger partial charge in [0.15, 0.2) is 0 Å². The monoisotopic (exact) mass is 172 g/mol. The standard InChI is InChI=1S/C8H16N2O2/c1-6(8(9)11)10-4-7-2-3-12-5-7/h6-7,10H,2-5H2,1H3,(H2,9,11). The summed E-state index contributed by atoms with van der Waals surface area (Å²) < 4.78 is 5.19. The van der Waals surface area contributed by atoms with Gasteiger partial charge >= 0.3 is 0 Å². The van der Waals surface area contributed by atoms with Gasteiger partial charge in [0, 0.05) is 13.2 Å². The van der Waals surface area contributed by atoms with Crippen LogP contribution >= 0.6 is 0 Å². The van der Waals surface area contributed by atoms with E-state index < -0.39 is 0 Å². The van der Waals surface area contributed by atoms with E-state index in [0.717, 1.165) is 26.2 Å². The van der Waals surface area contributed by atoms with Gasteiger partial charge in [-0.3, -0.25) is 4.79 Å². The van der Waals surface area contributed by atoms with E-state index in [1.54, 1.807) is 6.92 Å². The minimum absolute atomic E-state index is 0.231. The third kappa shape index (κ3) is 2.79. The number of amides is 1. The van der Waals surface area contributed by atoms with Crippen LogP contribution in [0.2, 0.25) is 0 Å². The summed E-state index contributed by atoms with van der Waals surface area (Å²) in [6, 6.07) is -0.231. The lowest BCUT2D eigenvalue weighted by Crippen LogP contribution is -2.41. The average molecular weight is 172 g/mol. The van der Waals surface area contributed by atoms with E-state index in [0.29, 0.717) is 5.92 Å². The highest BCUT2D eigenvalue weighted by Crippen LogP contribution is 2.10. The molecule has 0 spiro atoms. The normalized spacial score (nSPS) is 25.6. The van der Waals surface area contributed by atoms with Crippen LogP contribution in [0.1, 0.15) is 13.3 Å². The zero-order valence-electron chi connectivity index (χ0n) is 7.38. The molecule has 0 aromatic rings. The van der Waals surface area contributed by atoms with Crippen molar-refractivity contribution in [1.29, 1.82) is 0 Å². The number of ether oxygens (including phenoxy) is 1. The van der Waals surface area contributed by atoms with Crippen LogP contribution in [-0.2, 0) is 9.53 Å². The molecule has 2 atom stereocenters. The summed E-state index contributed by atoms with van der Waals surface area (Å²) in [4.78, 5) is 10.6. The predicted octanol–water partition coefficient (Wildman–Crippen LogP) is -0.514. The van der Waals surface area contributed by atoms with Crippen LogP contribution in [0, 0.1) is 5.92 Å². The van der Waals surface area contributed by atoms with E-state index in [2.05, 4.69) is 5.32 Å². The molecule has 0 aromatic heterocycles. The molecule has 1 aliphatic heterocycles. The van der Waals surface area contributed by atoms with E-state index in [1.165, 1.54) is 0 Å². The summed E-state index contributed by atoms with van der Waals surface area (Å²) in [6.45, 7) is 4.25. The zero-order valence-corrected chi connectivity index (χ0v) is 7.38. The van der Waals surface area contributed by atoms with Crippen molar-refractivity contribution in [3.8, 4) is 0 Å². The highest BCUT2D eigenvalue weighted by atomic mass is 16.5. The smallest absolute Gasteiger partial charge is 0.234 e. The van der Waals surface area contributed by atoms with Crippen LogP contribution in [0.5, 0.6) is 0 Å². The first-order chi connectivity index (χ1) is 5.70. The number of nitrogens with one attached hydrogen (secondary N) is 1. The number of rotatable bonds is 4. The molecule has 0 aromatic carbocycles. The topological polar surface area (TPSA) is 64.3 Å². The summed E-state index contributed by atoms with van der Waals surface area (Å²) in [5.41, 5.74) is 5.09. The van der Waals surface area contributed by atoms with Crippen molar-refractivity contribution in [3.63, 3.8) is 0 Å². The highest BCUT2D eigenvalue weighted by Gasteiger charge is 2.17. The Bertz CT molecular complexity index is 155. The Labute approximate surface area is 72.5 Å². The molecule has 0 aliphatic carbocycles.